The zero-order valence-corrected chi connectivity index (χ0v) is 7.06. The lowest BCUT2D eigenvalue weighted by atomic mass is 10.8. The number of rotatable bonds is 4. The summed E-state index contributed by atoms with van der Waals surface area (Å²) >= 11 is 0. The van der Waals surface area contributed by atoms with Gasteiger partial charge < -0.3 is 10.5 Å². The van der Waals surface area contributed by atoms with E-state index >= 15 is 0 Å². The van der Waals surface area contributed by atoms with E-state index in [0.717, 1.165) is 7.11 Å². The van der Waals surface area contributed by atoms with Gasteiger partial charge >= 0.3 is 5.97 Å². The Morgan fingerprint density at radius 1 is 1.55 bits per heavy atom. The highest BCUT2D eigenvalue weighted by molar-refractivity contribution is 7.92. The van der Waals surface area contributed by atoms with Crippen LogP contribution in [0.25, 0.3) is 0 Å². The summed E-state index contributed by atoms with van der Waals surface area (Å²) in [6.45, 7) is 0.0271. The molecule has 0 saturated carbocycles. The topological polar surface area (TPSA) is 86.5 Å². The van der Waals surface area contributed by atoms with Crippen molar-refractivity contribution in [3.05, 3.63) is 0 Å². The molecule has 0 fully saturated rings. The number of ether oxygens (including phenoxy) is 1. The summed E-state index contributed by atoms with van der Waals surface area (Å²) in [7, 11) is -2.20. The van der Waals surface area contributed by atoms with Crippen LogP contribution < -0.4 is 5.73 Å². The molecule has 2 N–H and O–H groups in total. The maximum Gasteiger partial charge on any atom is 0.320 e. The van der Waals surface area contributed by atoms with Crippen LogP contribution in [-0.2, 0) is 19.4 Å². The van der Waals surface area contributed by atoms with Crippen LogP contribution in [0.15, 0.2) is 0 Å². The molecule has 0 aromatic carbocycles. The number of hydrogen-bond donors (Lipinski definition) is 1. The number of esters is 1. The second-order valence-electron chi connectivity index (χ2n) is 1.96. The largest absolute Gasteiger partial charge is 0.468 e. The standard InChI is InChI=1S/C5H11NO4S/c1-10-5(7)4-11(8,9)3-2-6/h2-4,6H2,1H3. The molecule has 5 nitrogen and oxygen atoms in total. The third kappa shape index (κ3) is 4.74. The first-order valence-corrected chi connectivity index (χ1v) is 4.81. The highest BCUT2D eigenvalue weighted by Gasteiger charge is 2.15. The van der Waals surface area contributed by atoms with E-state index in [9.17, 15) is 13.2 Å². The van der Waals surface area contributed by atoms with Crippen molar-refractivity contribution < 1.29 is 17.9 Å². The van der Waals surface area contributed by atoms with Gasteiger partial charge in [-0.25, -0.2) is 8.42 Å². The van der Waals surface area contributed by atoms with E-state index in [2.05, 4.69) is 4.74 Å². The van der Waals surface area contributed by atoms with Gasteiger partial charge in [0.2, 0.25) is 0 Å². The Morgan fingerprint density at radius 2 is 2.09 bits per heavy atom. The Morgan fingerprint density at radius 3 is 2.45 bits per heavy atom. The van der Waals surface area contributed by atoms with Crippen molar-refractivity contribution >= 4 is 15.8 Å². The van der Waals surface area contributed by atoms with Crippen molar-refractivity contribution in [2.45, 2.75) is 0 Å². The zero-order valence-electron chi connectivity index (χ0n) is 6.24. The molecule has 0 aromatic heterocycles. The van der Waals surface area contributed by atoms with E-state index in [1.54, 1.807) is 0 Å². The highest BCUT2D eigenvalue weighted by Crippen LogP contribution is 1.89. The molecule has 0 radical (unpaired) electrons. The Kier molecular flexibility index (Phi) is 4.06. The van der Waals surface area contributed by atoms with Crippen molar-refractivity contribution in [1.82, 2.24) is 0 Å². The molecule has 0 heterocycles. The number of carbonyl (C=O) groups is 1. The minimum absolute atomic E-state index is 0.0271. The van der Waals surface area contributed by atoms with Gasteiger partial charge in [0.25, 0.3) is 0 Å². The predicted octanol–water partition coefficient (Wildman–Crippen LogP) is -1.47. The van der Waals surface area contributed by atoms with Gasteiger partial charge in [-0.15, -0.1) is 0 Å². The van der Waals surface area contributed by atoms with Crippen LogP contribution >= 0.6 is 0 Å². The maximum atomic E-state index is 10.8. The van der Waals surface area contributed by atoms with E-state index in [-0.39, 0.29) is 12.3 Å². The van der Waals surface area contributed by atoms with Gasteiger partial charge in [-0.3, -0.25) is 4.79 Å². The summed E-state index contributed by atoms with van der Waals surface area (Å²) in [4.78, 5) is 10.5. The maximum absolute atomic E-state index is 10.8. The summed E-state index contributed by atoms with van der Waals surface area (Å²) in [6, 6.07) is 0. The molecule has 0 aromatic rings. The van der Waals surface area contributed by atoms with Gasteiger partial charge in [0.15, 0.2) is 9.84 Å². The van der Waals surface area contributed by atoms with Crippen LogP contribution in [0.5, 0.6) is 0 Å². The van der Waals surface area contributed by atoms with Crippen LogP contribution in [0.1, 0.15) is 0 Å². The highest BCUT2D eigenvalue weighted by atomic mass is 32.2. The van der Waals surface area contributed by atoms with Crippen LogP contribution in [0.2, 0.25) is 0 Å². The third-order valence-corrected chi connectivity index (χ3v) is 2.53. The zero-order chi connectivity index (χ0) is 8.91. The molecule has 0 unspecified atom stereocenters. The average molecular weight is 181 g/mol. The van der Waals surface area contributed by atoms with Crippen LogP contribution in [-0.4, -0.2) is 39.5 Å². The number of nitrogens with two attached hydrogens (primary N) is 1. The van der Waals surface area contributed by atoms with Crippen molar-refractivity contribution in [3.63, 3.8) is 0 Å². The van der Waals surface area contributed by atoms with Crippen molar-refractivity contribution in [1.29, 1.82) is 0 Å². The minimum Gasteiger partial charge on any atom is -0.468 e. The molecule has 0 atom stereocenters. The van der Waals surface area contributed by atoms with E-state index < -0.39 is 21.6 Å². The van der Waals surface area contributed by atoms with Gasteiger partial charge in [-0.2, -0.15) is 0 Å². The van der Waals surface area contributed by atoms with Crippen molar-refractivity contribution in [2.75, 3.05) is 25.2 Å². The first kappa shape index (κ1) is 10.4. The second-order valence-corrected chi connectivity index (χ2v) is 4.14. The minimum atomic E-state index is -3.34. The summed E-state index contributed by atoms with van der Waals surface area (Å²) in [6.07, 6.45) is 0. The van der Waals surface area contributed by atoms with E-state index in [4.69, 9.17) is 5.73 Å². The molecule has 0 spiro atoms. The number of carbonyl (C=O) groups excluding carboxylic acids is 1. The fraction of sp³-hybridized carbons (Fsp3) is 0.800. The van der Waals surface area contributed by atoms with Crippen LogP contribution in [0.4, 0.5) is 0 Å². The average Bonchev–Trinajstić information content (AvgIpc) is 1.86. The van der Waals surface area contributed by atoms with Crippen LogP contribution in [0.3, 0.4) is 0 Å². The van der Waals surface area contributed by atoms with Crippen molar-refractivity contribution in [2.24, 2.45) is 5.73 Å². The lowest BCUT2D eigenvalue weighted by Crippen LogP contribution is -2.23. The molecule has 0 bridgehead atoms. The number of sulfone groups is 1. The van der Waals surface area contributed by atoms with Gasteiger partial charge in [0, 0.05) is 6.54 Å². The fourth-order valence-corrected chi connectivity index (χ4v) is 1.47. The molecule has 66 valence electrons. The summed E-state index contributed by atoms with van der Waals surface area (Å²) in [5, 5.41) is 0. The fourth-order valence-electron chi connectivity index (χ4n) is 0.490. The second kappa shape index (κ2) is 4.30. The third-order valence-electron chi connectivity index (χ3n) is 0.994. The Labute approximate surface area is 65.4 Å². The Balaban J connectivity index is 4.03. The molecule has 0 amide bonds. The SMILES string of the molecule is COC(=O)CS(=O)(=O)CCN. The molecule has 11 heavy (non-hydrogen) atoms. The first-order valence-electron chi connectivity index (χ1n) is 2.99. The van der Waals surface area contributed by atoms with E-state index in [1.165, 1.54) is 0 Å². The molecule has 0 saturated heterocycles. The number of methoxy groups -OCH3 is 1. The molecule has 0 aliphatic heterocycles. The summed E-state index contributed by atoms with van der Waals surface area (Å²) in [5.74, 6) is -1.51. The first-order chi connectivity index (χ1) is 5.02. The van der Waals surface area contributed by atoms with Gasteiger partial charge in [0.1, 0.15) is 5.75 Å². The lowest BCUT2D eigenvalue weighted by molar-refractivity contribution is -0.137. The van der Waals surface area contributed by atoms with Crippen LogP contribution in [0, 0.1) is 0 Å². The normalized spacial score (nSPS) is 11.1. The molecular weight excluding hydrogens is 170 g/mol. The molecular formula is C5H11NO4S. The molecule has 6 heteroatoms. The molecule has 0 aliphatic rings. The van der Waals surface area contributed by atoms with Gasteiger partial charge in [-0.05, 0) is 0 Å². The van der Waals surface area contributed by atoms with Gasteiger partial charge in [-0.1, -0.05) is 0 Å². The summed E-state index contributed by atoms with van der Waals surface area (Å²) < 4.78 is 25.8. The van der Waals surface area contributed by atoms with E-state index in [1.807, 2.05) is 0 Å². The predicted molar refractivity (Wildman–Crippen MR) is 39.7 cm³/mol. The molecule has 0 rings (SSSR count). The van der Waals surface area contributed by atoms with Crippen molar-refractivity contribution in [3.8, 4) is 0 Å². The number of hydrogen-bond acceptors (Lipinski definition) is 5. The Bertz CT molecular complexity index is 221. The lowest BCUT2D eigenvalue weighted by Gasteiger charge is -1.99. The van der Waals surface area contributed by atoms with E-state index in [0.29, 0.717) is 0 Å². The Hall–Kier alpha value is -0.620. The quantitative estimate of drug-likeness (QED) is 0.535. The summed E-state index contributed by atoms with van der Waals surface area (Å²) in [5.41, 5.74) is 5.00. The van der Waals surface area contributed by atoms with Gasteiger partial charge in [0.05, 0.1) is 12.9 Å². The molecule has 0 aliphatic carbocycles. The smallest absolute Gasteiger partial charge is 0.320 e. The monoisotopic (exact) mass is 181 g/mol.